The number of hydrogen-bond acceptors (Lipinski definition) is 4. The summed E-state index contributed by atoms with van der Waals surface area (Å²) in [5, 5.41) is 12.4. The molecular formula is C13H15NO3S. The van der Waals surface area contributed by atoms with E-state index in [-0.39, 0.29) is 10.8 Å². The summed E-state index contributed by atoms with van der Waals surface area (Å²) in [4.78, 5) is 10.8. The Kier molecular flexibility index (Phi) is 2.75. The summed E-state index contributed by atoms with van der Waals surface area (Å²) in [7, 11) is 0. The van der Waals surface area contributed by atoms with Gasteiger partial charge in [0.15, 0.2) is 0 Å². The van der Waals surface area contributed by atoms with Gasteiger partial charge in [0.1, 0.15) is 16.7 Å². The molecule has 1 aromatic rings. The topological polar surface area (TPSA) is 58.6 Å². The molecule has 0 aliphatic carbocycles. The Morgan fingerprint density at radius 3 is 3.06 bits per heavy atom. The van der Waals surface area contributed by atoms with Gasteiger partial charge in [0.2, 0.25) is 0 Å². The molecule has 3 atom stereocenters. The molecule has 1 saturated heterocycles. The van der Waals surface area contributed by atoms with Crippen molar-refractivity contribution in [2.45, 2.75) is 17.8 Å². The average molecular weight is 265 g/mol. The molecule has 0 saturated carbocycles. The second-order valence-corrected chi connectivity index (χ2v) is 6.06. The van der Waals surface area contributed by atoms with E-state index >= 15 is 0 Å². The van der Waals surface area contributed by atoms with Crippen LogP contribution >= 0.6 is 11.8 Å². The van der Waals surface area contributed by atoms with Gasteiger partial charge in [-0.2, -0.15) is 0 Å². The Hall–Kier alpha value is -1.20. The first kappa shape index (κ1) is 11.9. The van der Waals surface area contributed by atoms with E-state index in [9.17, 15) is 4.79 Å². The first-order chi connectivity index (χ1) is 8.63. The molecule has 4 nitrogen and oxygen atoms in total. The van der Waals surface area contributed by atoms with E-state index in [1.807, 2.05) is 24.3 Å². The molecule has 0 radical (unpaired) electrons. The quantitative estimate of drug-likeness (QED) is 0.808. The SMILES string of the molecule is CC1COc2ccccc2C12NC(C(=O)O)CS2. The van der Waals surface area contributed by atoms with Crippen molar-refractivity contribution in [2.75, 3.05) is 12.4 Å². The van der Waals surface area contributed by atoms with Crippen molar-refractivity contribution in [1.29, 1.82) is 0 Å². The van der Waals surface area contributed by atoms with Crippen molar-refractivity contribution in [3.05, 3.63) is 29.8 Å². The van der Waals surface area contributed by atoms with E-state index in [1.54, 1.807) is 11.8 Å². The van der Waals surface area contributed by atoms with Crippen LogP contribution in [0.25, 0.3) is 0 Å². The number of para-hydroxylation sites is 1. The van der Waals surface area contributed by atoms with Gasteiger partial charge >= 0.3 is 5.97 Å². The van der Waals surface area contributed by atoms with Gasteiger partial charge in [-0.05, 0) is 6.07 Å². The summed E-state index contributed by atoms with van der Waals surface area (Å²) in [6.07, 6.45) is 0. The highest BCUT2D eigenvalue weighted by Crippen LogP contribution is 2.50. The van der Waals surface area contributed by atoms with E-state index in [2.05, 4.69) is 12.2 Å². The Morgan fingerprint density at radius 1 is 1.56 bits per heavy atom. The highest BCUT2D eigenvalue weighted by molar-refractivity contribution is 8.00. The van der Waals surface area contributed by atoms with Crippen molar-refractivity contribution < 1.29 is 14.6 Å². The number of thioether (sulfide) groups is 1. The largest absolute Gasteiger partial charge is 0.493 e. The third kappa shape index (κ3) is 1.61. The molecule has 18 heavy (non-hydrogen) atoms. The van der Waals surface area contributed by atoms with E-state index in [0.717, 1.165) is 11.3 Å². The van der Waals surface area contributed by atoms with Crippen molar-refractivity contribution in [3.63, 3.8) is 0 Å². The van der Waals surface area contributed by atoms with E-state index in [1.165, 1.54) is 0 Å². The molecule has 3 unspecified atom stereocenters. The zero-order valence-corrected chi connectivity index (χ0v) is 10.9. The van der Waals surface area contributed by atoms with Crippen LogP contribution in [-0.4, -0.2) is 29.5 Å². The zero-order chi connectivity index (χ0) is 12.8. The average Bonchev–Trinajstić information content (AvgIpc) is 2.81. The molecule has 2 aliphatic heterocycles. The fraction of sp³-hybridized carbons (Fsp3) is 0.462. The minimum absolute atomic E-state index is 0.238. The lowest BCUT2D eigenvalue weighted by atomic mass is 9.90. The summed E-state index contributed by atoms with van der Waals surface area (Å²) >= 11 is 1.68. The molecular weight excluding hydrogens is 250 g/mol. The molecule has 0 amide bonds. The number of benzene rings is 1. The maximum Gasteiger partial charge on any atom is 0.321 e. The maximum absolute atomic E-state index is 11.1. The Bertz CT molecular complexity index is 493. The predicted octanol–water partition coefficient (Wildman–Crippen LogP) is 1.66. The summed E-state index contributed by atoms with van der Waals surface area (Å²) < 4.78 is 5.72. The standard InChI is InChI=1S/C13H15NO3S/c1-8-6-17-11-5-3-2-4-9(11)13(8)14-10(7-18-13)12(15)16/h2-5,8,10,14H,6-7H2,1H3,(H,15,16). The predicted molar refractivity (Wildman–Crippen MR) is 69.8 cm³/mol. The van der Waals surface area contributed by atoms with E-state index < -0.39 is 12.0 Å². The minimum Gasteiger partial charge on any atom is -0.493 e. The lowest BCUT2D eigenvalue weighted by Crippen LogP contribution is -2.50. The number of nitrogens with one attached hydrogen (secondary N) is 1. The lowest BCUT2D eigenvalue weighted by Gasteiger charge is -2.40. The number of aliphatic carboxylic acids is 1. The molecule has 5 heteroatoms. The molecule has 96 valence electrons. The number of carbonyl (C=O) groups is 1. The third-order valence-electron chi connectivity index (χ3n) is 3.63. The molecule has 1 fully saturated rings. The summed E-state index contributed by atoms with van der Waals surface area (Å²) in [5.41, 5.74) is 1.07. The van der Waals surface area contributed by atoms with Gasteiger partial charge in [0.05, 0.1) is 6.61 Å². The second kappa shape index (κ2) is 4.17. The summed E-state index contributed by atoms with van der Waals surface area (Å²) in [6.45, 7) is 2.71. The Balaban J connectivity index is 2.03. The number of ether oxygens (including phenoxy) is 1. The Morgan fingerprint density at radius 2 is 2.33 bits per heavy atom. The zero-order valence-electron chi connectivity index (χ0n) is 10.1. The van der Waals surface area contributed by atoms with Gasteiger partial charge in [-0.1, -0.05) is 25.1 Å². The molecule has 0 bridgehead atoms. The number of carboxylic acids is 1. The molecule has 3 rings (SSSR count). The first-order valence-corrected chi connectivity index (χ1v) is 6.99. The molecule has 2 heterocycles. The summed E-state index contributed by atoms with van der Waals surface area (Å²) in [6, 6.07) is 7.40. The Labute approximate surface area is 110 Å². The molecule has 1 spiro atoms. The normalized spacial score (nSPS) is 34.1. The fourth-order valence-electron chi connectivity index (χ4n) is 2.63. The highest BCUT2D eigenvalue weighted by atomic mass is 32.2. The summed E-state index contributed by atoms with van der Waals surface area (Å²) in [5.74, 6) is 0.910. The molecule has 2 N–H and O–H groups in total. The second-order valence-electron chi connectivity index (χ2n) is 4.79. The van der Waals surface area contributed by atoms with Crippen molar-refractivity contribution in [3.8, 4) is 5.75 Å². The van der Waals surface area contributed by atoms with E-state index in [4.69, 9.17) is 9.84 Å². The van der Waals surface area contributed by atoms with Crippen LogP contribution in [0.5, 0.6) is 5.75 Å². The van der Waals surface area contributed by atoms with E-state index in [0.29, 0.717) is 12.4 Å². The smallest absolute Gasteiger partial charge is 0.321 e. The first-order valence-electron chi connectivity index (χ1n) is 6.00. The number of fused-ring (bicyclic) bond motifs is 2. The number of carboxylic acid groups (broad SMARTS) is 1. The van der Waals surface area contributed by atoms with Crippen LogP contribution < -0.4 is 10.1 Å². The van der Waals surface area contributed by atoms with Crippen molar-refractivity contribution in [1.82, 2.24) is 5.32 Å². The van der Waals surface area contributed by atoms with Gasteiger partial charge in [0, 0.05) is 17.2 Å². The highest BCUT2D eigenvalue weighted by Gasteiger charge is 2.50. The lowest BCUT2D eigenvalue weighted by molar-refractivity contribution is -0.139. The number of hydrogen-bond donors (Lipinski definition) is 2. The van der Waals surface area contributed by atoms with Crippen molar-refractivity contribution >= 4 is 17.7 Å². The van der Waals surface area contributed by atoms with Crippen LogP contribution in [0.15, 0.2) is 24.3 Å². The third-order valence-corrected chi connectivity index (χ3v) is 5.33. The minimum atomic E-state index is -0.782. The van der Waals surface area contributed by atoms with Gasteiger partial charge in [0.25, 0.3) is 0 Å². The monoisotopic (exact) mass is 265 g/mol. The number of rotatable bonds is 1. The molecule has 2 aliphatic rings. The maximum atomic E-state index is 11.1. The molecule has 1 aromatic carbocycles. The van der Waals surface area contributed by atoms with Crippen LogP contribution in [0.1, 0.15) is 12.5 Å². The van der Waals surface area contributed by atoms with Crippen LogP contribution in [0.3, 0.4) is 0 Å². The van der Waals surface area contributed by atoms with Crippen molar-refractivity contribution in [2.24, 2.45) is 5.92 Å². The van der Waals surface area contributed by atoms with Gasteiger partial charge in [-0.3, -0.25) is 10.1 Å². The van der Waals surface area contributed by atoms with Crippen LogP contribution in [0, 0.1) is 5.92 Å². The van der Waals surface area contributed by atoms with Gasteiger partial charge in [-0.25, -0.2) is 0 Å². The van der Waals surface area contributed by atoms with Gasteiger partial charge < -0.3 is 9.84 Å². The van der Waals surface area contributed by atoms with Crippen LogP contribution in [0.2, 0.25) is 0 Å². The van der Waals surface area contributed by atoms with Gasteiger partial charge in [-0.15, -0.1) is 11.8 Å². The molecule has 0 aromatic heterocycles. The van der Waals surface area contributed by atoms with Crippen LogP contribution in [-0.2, 0) is 9.67 Å². The fourth-order valence-corrected chi connectivity index (χ4v) is 4.18. The van der Waals surface area contributed by atoms with Crippen LogP contribution in [0.4, 0.5) is 0 Å².